The summed E-state index contributed by atoms with van der Waals surface area (Å²) < 4.78 is 34.6. The van der Waals surface area contributed by atoms with Gasteiger partial charge in [0.25, 0.3) is 0 Å². The highest BCUT2D eigenvalue weighted by molar-refractivity contribution is 5.19. The van der Waals surface area contributed by atoms with Crippen LogP contribution in [-0.2, 0) is 4.74 Å². The second kappa shape index (κ2) is 8.93. The van der Waals surface area contributed by atoms with Crippen LogP contribution in [0.3, 0.4) is 0 Å². The molecule has 0 bridgehead atoms. The lowest BCUT2D eigenvalue weighted by molar-refractivity contribution is -0.111. The normalized spacial score (nSPS) is 42.9. The van der Waals surface area contributed by atoms with Crippen molar-refractivity contribution in [2.45, 2.75) is 116 Å². The molecule has 3 saturated carbocycles. The van der Waals surface area contributed by atoms with Gasteiger partial charge in [-0.15, -0.1) is 0 Å². The fourth-order valence-electron chi connectivity index (χ4n) is 6.10. The maximum Gasteiger partial charge on any atom is 0.129 e. The zero-order valence-electron chi connectivity index (χ0n) is 17.9. The molecule has 0 aromatic heterocycles. The summed E-state index contributed by atoms with van der Waals surface area (Å²) in [6.07, 6.45) is 10.2. The Kier molecular flexibility index (Phi) is 7.03. The average Bonchev–Trinajstić information content (AvgIpc) is 2.57. The molecule has 3 heteroatoms. The first-order valence-electron chi connectivity index (χ1n) is 11.4. The topological polar surface area (TPSA) is 9.23 Å². The van der Waals surface area contributed by atoms with E-state index in [9.17, 15) is 8.78 Å². The third kappa shape index (κ3) is 5.34. The Balaban J connectivity index is 1.45. The van der Waals surface area contributed by atoms with Crippen molar-refractivity contribution in [2.24, 2.45) is 23.2 Å². The van der Waals surface area contributed by atoms with Crippen molar-refractivity contribution in [2.75, 3.05) is 0 Å². The van der Waals surface area contributed by atoms with Gasteiger partial charge in [0.1, 0.15) is 18.4 Å². The van der Waals surface area contributed by atoms with Gasteiger partial charge in [-0.1, -0.05) is 31.9 Å². The van der Waals surface area contributed by atoms with E-state index in [4.69, 9.17) is 4.74 Å². The molecule has 3 fully saturated rings. The summed E-state index contributed by atoms with van der Waals surface area (Å²) in [5.74, 6) is 1.40. The van der Waals surface area contributed by atoms with E-state index in [2.05, 4.69) is 19.9 Å². The summed E-state index contributed by atoms with van der Waals surface area (Å²) in [5, 5.41) is 0. The van der Waals surface area contributed by atoms with E-state index in [0.717, 1.165) is 12.8 Å². The number of ether oxygens (including phenoxy) is 1. The summed E-state index contributed by atoms with van der Waals surface area (Å²) in [5.41, 5.74) is 2.22. The molecule has 0 N–H and O–H groups in total. The van der Waals surface area contributed by atoms with E-state index in [0.29, 0.717) is 30.1 Å². The van der Waals surface area contributed by atoms with E-state index >= 15 is 0 Å². The molecule has 0 heterocycles. The second-order valence-corrected chi connectivity index (χ2v) is 10.3. The van der Waals surface area contributed by atoms with Crippen LogP contribution in [0.2, 0.25) is 0 Å². The molecule has 2 unspecified atom stereocenters. The van der Waals surface area contributed by atoms with Crippen LogP contribution < -0.4 is 0 Å². The van der Waals surface area contributed by atoms with E-state index in [1.807, 2.05) is 13.8 Å². The quantitative estimate of drug-likeness (QED) is 0.441. The Labute approximate surface area is 165 Å². The molecule has 0 amide bonds. The first-order valence-corrected chi connectivity index (χ1v) is 11.4. The van der Waals surface area contributed by atoms with Crippen LogP contribution in [0.15, 0.2) is 11.6 Å². The number of rotatable bonds is 6. The lowest BCUT2D eigenvalue weighted by atomic mass is 9.63. The smallest absolute Gasteiger partial charge is 0.129 e. The molecule has 156 valence electrons. The standard InChI is InChI=1S/C24H40F2O/c1-5-10-24(4)14-18(15-24)11-17-6-8-19(9-7-17)20-12-21(25)23(22(26)13-20)27-16(2)3/h11,16-17,19-23H,5-10,12-15H2,1-4H3. The van der Waals surface area contributed by atoms with E-state index in [-0.39, 0.29) is 12.0 Å². The van der Waals surface area contributed by atoms with E-state index < -0.39 is 18.4 Å². The largest absolute Gasteiger partial charge is 0.369 e. The van der Waals surface area contributed by atoms with Gasteiger partial charge in [-0.3, -0.25) is 0 Å². The minimum Gasteiger partial charge on any atom is -0.369 e. The third-order valence-corrected chi connectivity index (χ3v) is 7.31. The van der Waals surface area contributed by atoms with Gasteiger partial charge in [-0.2, -0.15) is 0 Å². The van der Waals surface area contributed by atoms with Crippen molar-refractivity contribution in [3.05, 3.63) is 11.6 Å². The molecule has 3 aliphatic carbocycles. The van der Waals surface area contributed by atoms with Gasteiger partial charge >= 0.3 is 0 Å². The van der Waals surface area contributed by atoms with Crippen molar-refractivity contribution in [1.82, 2.24) is 0 Å². The molecule has 0 spiro atoms. The van der Waals surface area contributed by atoms with Crippen LogP contribution in [0.25, 0.3) is 0 Å². The van der Waals surface area contributed by atoms with Crippen LogP contribution >= 0.6 is 0 Å². The first kappa shape index (κ1) is 21.3. The molecule has 0 aromatic rings. The predicted octanol–water partition coefficient (Wildman–Crippen LogP) is 7.20. The van der Waals surface area contributed by atoms with Gasteiger partial charge < -0.3 is 4.74 Å². The van der Waals surface area contributed by atoms with Crippen molar-refractivity contribution >= 4 is 0 Å². The lowest BCUT2D eigenvalue weighted by Gasteiger charge is -2.43. The zero-order chi connectivity index (χ0) is 19.6. The zero-order valence-corrected chi connectivity index (χ0v) is 17.9. The summed E-state index contributed by atoms with van der Waals surface area (Å²) in [6, 6.07) is 0. The van der Waals surface area contributed by atoms with Gasteiger partial charge in [-0.05, 0) is 94.8 Å². The predicted molar refractivity (Wildman–Crippen MR) is 108 cm³/mol. The second-order valence-electron chi connectivity index (χ2n) is 10.3. The van der Waals surface area contributed by atoms with Gasteiger partial charge in [0.05, 0.1) is 6.10 Å². The summed E-state index contributed by atoms with van der Waals surface area (Å²) >= 11 is 0. The van der Waals surface area contributed by atoms with Crippen LogP contribution in [0, 0.1) is 23.2 Å². The van der Waals surface area contributed by atoms with Crippen LogP contribution in [0.1, 0.15) is 91.9 Å². The SMILES string of the molecule is CCCC1(C)CC(=CC2CCC(C3CC(F)C(OC(C)C)C(F)C3)CC2)C1. The number of hydrogen-bond donors (Lipinski definition) is 0. The fourth-order valence-corrected chi connectivity index (χ4v) is 6.10. The molecular formula is C24H40F2O. The van der Waals surface area contributed by atoms with E-state index in [1.54, 1.807) is 5.57 Å². The van der Waals surface area contributed by atoms with Crippen molar-refractivity contribution in [3.8, 4) is 0 Å². The lowest BCUT2D eigenvalue weighted by Crippen LogP contribution is -2.45. The van der Waals surface area contributed by atoms with Gasteiger partial charge in [0.15, 0.2) is 0 Å². The molecule has 2 atom stereocenters. The third-order valence-electron chi connectivity index (χ3n) is 7.31. The Bertz CT molecular complexity index is 487. The molecule has 0 radical (unpaired) electrons. The fraction of sp³-hybridized carbons (Fsp3) is 0.917. The number of halogens is 2. The Morgan fingerprint density at radius 1 is 1.04 bits per heavy atom. The average molecular weight is 383 g/mol. The summed E-state index contributed by atoms with van der Waals surface area (Å²) in [4.78, 5) is 0. The Morgan fingerprint density at radius 3 is 2.15 bits per heavy atom. The first-order chi connectivity index (χ1) is 12.8. The molecule has 3 rings (SSSR count). The molecule has 0 saturated heterocycles. The maximum absolute atomic E-state index is 14.5. The molecule has 3 aliphatic rings. The summed E-state index contributed by atoms with van der Waals surface area (Å²) in [6.45, 7) is 8.41. The van der Waals surface area contributed by atoms with Gasteiger partial charge in [-0.25, -0.2) is 8.78 Å². The molecule has 27 heavy (non-hydrogen) atoms. The minimum atomic E-state index is -1.15. The molecule has 0 aromatic carbocycles. The highest BCUT2D eigenvalue weighted by Gasteiger charge is 2.43. The number of allylic oxidation sites excluding steroid dienone is 2. The van der Waals surface area contributed by atoms with Gasteiger partial charge in [0, 0.05) is 0 Å². The highest BCUT2D eigenvalue weighted by atomic mass is 19.1. The highest BCUT2D eigenvalue weighted by Crippen LogP contribution is 2.50. The van der Waals surface area contributed by atoms with Crippen molar-refractivity contribution in [3.63, 3.8) is 0 Å². The Morgan fingerprint density at radius 2 is 1.63 bits per heavy atom. The molecular weight excluding hydrogens is 342 g/mol. The summed E-state index contributed by atoms with van der Waals surface area (Å²) in [7, 11) is 0. The van der Waals surface area contributed by atoms with Crippen molar-refractivity contribution in [1.29, 1.82) is 0 Å². The molecule has 0 aliphatic heterocycles. The number of hydrogen-bond acceptors (Lipinski definition) is 1. The van der Waals surface area contributed by atoms with Crippen LogP contribution in [0.4, 0.5) is 8.78 Å². The Hall–Kier alpha value is -0.440. The molecule has 1 nitrogen and oxygen atoms in total. The minimum absolute atomic E-state index is 0.114. The monoisotopic (exact) mass is 382 g/mol. The van der Waals surface area contributed by atoms with Crippen LogP contribution in [-0.4, -0.2) is 24.6 Å². The number of alkyl halides is 2. The van der Waals surface area contributed by atoms with E-state index in [1.165, 1.54) is 38.5 Å². The van der Waals surface area contributed by atoms with Gasteiger partial charge in [0.2, 0.25) is 0 Å². The van der Waals surface area contributed by atoms with Crippen molar-refractivity contribution < 1.29 is 13.5 Å². The van der Waals surface area contributed by atoms with Crippen LogP contribution in [0.5, 0.6) is 0 Å². The maximum atomic E-state index is 14.5.